The molecule has 0 aliphatic rings. The molecule has 0 bridgehead atoms. The molecule has 38 valence electrons. The molecule has 0 fully saturated rings. The van der Waals surface area contributed by atoms with Crippen molar-refractivity contribution in [1.82, 2.24) is 0 Å². The van der Waals surface area contributed by atoms with E-state index in [-0.39, 0.29) is 6.29 Å². The molecule has 0 aromatic carbocycles. The van der Waals surface area contributed by atoms with Gasteiger partial charge in [-0.05, 0) is 0 Å². The molecular formula is C2HNO4. The Kier molecular flexibility index (Phi) is 2.42. The minimum absolute atomic E-state index is 0.151. The zero-order chi connectivity index (χ0) is 5.70. The molecule has 5 nitrogen and oxygen atoms in total. The monoisotopic (exact) mass is 103 g/mol. The van der Waals surface area contributed by atoms with Crippen molar-refractivity contribution in [3.8, 4) is 0 Å². The molecule has 0 aliphatic carbocycles. The Bertz CT molecular complexity index is 97.9. The van der Waals surface area contributed by atoms with Crippen molar-refractivity contribution < 1.29 is 14.4 Å². The number of carbonyl (C=O) groups is 2. The lowest BCUT2D eigenvalue weighted by atomic mass is 10.8. The maximum atomic E-state index is 9.53. The van der Waals surface area contributed by atoms with Gasteiger partial charge in [-0.15, -0.1) is 4.91 Å². The predicted molar refractivity (Wildman–Crippen MR) is 18.0 cm³/mol. The first kappa shape index (κ1) is 5.74. The molecule has 0 rings (SSSR count). The summed E-state index contributed by atoms with van der Waals surface area (Å²) in [7, 11) is 0. The van der Waals surface area contributed by atoms with E-state index in [2.05, 4.69) is 4.84 Å². The van der Waals surface area contributed by atoms with Crippen molar-refractivity contribution in [2.45, 2.75) is 0 Å². The molecule has 0 saturated carbocycles. The average molecular weight is 103 g/mol. The molecule has 7 heavy (non-hydrogen) atoms. The highest BCUT2D eigenvalue weighted by molar-refractivity contribution is 6.20. The minimum atomic E-state index is -1.28. The van der Waals surface area contributed by atoms with E-state index in [0.717, 1.165) is 0 Å². The third-order valence-electron chi connectivity index (χ3n) is 0.223. The van der Waals surface area contributed by atoms with E-state index in [0.29, 0.717) is 0 Å². The van der Waals surface area contributed by atoms with Crippen molar-refractivity contribution in [3.05, 3.63) is 4.91 Å². The third-order valence-corrected chi connectivity index (χ3v) is 0.223. The first-order valence-corrected chi connectivity index (χ1v) is 1.30. The molecule has 0 aliphatic heterocycles. The highest BCUT2D eigenvalue weighted by Crippen LogP contribution is 1.68. The van der Waals surface area contributed by atoms with E-state index in [4.69, 9.17) is 4.91 Å². The summed E-state index contributed by atoms with van der Waals surface area (Å²) in [6.45, 7) is 0. The standard InChI is InChI=1S/C2HNO4/c4-1-2(5)7-3-6/h1H. The van der Waals surface area contributed by atoms with Crippen LogP contribution >= 0.6 is 0 Å². The van der Waals surface area contributed by atoms with E-state index in [9.17, 15) is 9.59 Å². The summed E-state index contributed by atoms with van der Waals surface area (Å²) in [5, 5.41) is 1.68. The van der Waals surface area contributed by atoms with Crippen LogP contribution < -0.4 is 0 Å². The first-order chi connectivity index (χ1) is 3.31. The van der Waals surface area contributed by atoms with Crippen LogP contribution in [0, 0.1) is 4.91 Å². The molecule has 0 saturated heterocycles. The minimum Gasteiger partial charge on any atom is -0.290 e. The molecular weight excluding hydrogens is 102 g/mol. The number of nitrogens with zero attached hydrogens (tertiary/aromatic N) is 1. The SMILES string of the molecule is O=CC(=O)ON=O. The fourth-order valence-corrected chi connectivity index (χ4v) is 0.0582. The van der Waals surface area contributed by atoms with Crippen LogP contribution in [0.5, 0.6) is 0 Å². The summed E-state index contributed by atoms with van der Waals surface area (Å²) in [5.74, 6) is -1.28. The van der Waals surface area contributed by atoms with Gasteiger partial charge >= 0.3 is 5.97 Å². The Morgan fingerprint density at radius 1 is 1.71 bits per heavy atom. The van der Waals surface area contributed by atoms with Gasteiger partial charge in [0.05, 0.1) is 0 Å². The van der Waals surface area contributed by atoms with Gasteiger partial charge in [0.1, 0.15) is 0 Å². The van der Waals surface area contributed by atoms with Crippen LogP contribution in [-0.4, -0.2) is 12.3 Å². The summed E-state index contributed by atoms with van der Waals surface area (Å²) >= 11 is 0. The predicted octanol–water partition coefficient (Wildman–Crippen LogP) is -0.590. The first-order valence-electron chi connectivity index (χ1n) is 1.30. The summed E-state index contributed by atoms with van der Waals surface area (Å²) in [6, 6.07) is 0. The number of hydrogen-bond acceptors (Lipinski definition) is 5. The number of hydrogen-bond donors (Lipinski definition) is 0. The second-order valence-electron chi connectivity index (χ2n) is 0.603. The van der Waals surface area contributed by atoms with Crippen molar-refractivity contribution in [2.75, 3.05) is 0 Å². The molecule has 0 aromatic rings. The largest absolute Gasteiger partial charge is 0.401 e. The van der Waals surface area contributed by atoms with Gasteiger partial charge in [0.25, 0.3) is 0 Å². The molecule has 0 amide bonds. The van der Waals surface area contributed by atoms with E-state index >= 15 is 0 Å². The van der Waals surface area contributed by atoms with Crippen molar-refractivity contribution in [3.63, 3.8) is 0 Å². The highest BCUT2D eigenvalue weighted by Gasteiger charge is 1.94. The smallest absolute Gasteiger partial charge is 0.290 e. The highest BCUT2D eigenvalue weighted by atomic mass is 16.7. The summed E-state index contributed by atoms with van der Waals surface area (Å²) in [4.78, 5) is 30.9. The van der Waals surface area contributed by atoms with E-state index in [1.807, 2.05) is 0 Å². The van der Waals surface area contributed by atoms with E-state index in [1.54, 1.807) is 5.34 Å². The van der Waals surface area contributed by atoms with Crippen LogP contribution in [0.3, 0.4) is 0 Å². The van der Waals surface area contributed by atoms with Crippen molar-refractivity contribution in [1.29, 1.82) is 0 Å². The maximum absolute atomic E-state index is 9.53. The fourth-order valence-electron chi connectivity index (χ4n) is 0.0582. The molecule has 5 heteroatoms. The van der Waals surface area contributed by atoms with Crippen LogP contribution in [-0.2, 0) is 14.4 Å². The number of carbonyl (C=O) groups excluding carboxylic acids is 2. The fraction of sp³-hybridized carbons (Fsp3) is 0. The van der Waals surface area contributed by atoms with Gasteiger partial charge in [-0.25, -0.2) is 4.79 Å². The van der Waals surface area contributed by atoms with Gasteiger partial charge in [0.15, 0.2) is 5.34 Å². The van der Waals surface area contributed by atoms with Gasteiger partial charge < -0.3 is 0 Å². The van der Waals surface area contributed by atoms with Gasteiger partial charge in [-0.1, -0.05) is 0 Å². The van der Waals surface area contributed by atoms with Crippen LogP contribution in [0.4, 0.5) is 0 Å². The van der Waals surface area contributed by atoms with Gasteiger partial charge in [-0.3, -0.25) is 9.63 Å². The number of rotatable bonds is 2. The topological polar surface area (TPSA) is 72.8 Å². The summed E-state index contributed by atoms with van der Waals surface area (Å²) in [5.41, 5.74) is 0. The second-order valence-corrected chi connectivity index (χ2v) is 0.603. The maximum Gasteiger partial charge on any atom is 0.401 e. The molecule has 0 radical (unpaired) electrons. The normalized spacial score (nSPS) is 6.86. The summed E-state index contributed by atoms with van der Waals surface area (Å²) < 4.78 is 0. The number of aldehydes is 1. The second kappa shape index (κ2) is 2.95. The Balaban J connectivity index is 3.36. The Morgan fingerprint density at radius 3 is 2.43 bits per heavy atom. The van der Waals surface area contributed by atoms with Crippen LogP contribution in [0.25, 0.3) is 0 Å². The van der Waals surface area contributed by atoms with Crippen molar-refractivity contribution in [2.24, 2.45) is 5.34 Å². The lowest BCUT2D eigenvalue weighted by Crippen LogP contribution is -1.98. The molecule has 0 aromatic heterocycles. The van der Waals surface area contributed by atoms with Crippen LogP contribution in [0.1, 0.15) is 0 Å². The lowest BCUT2D eigenvalue weighted by Gasteiger charge is -1.74. The molecule has 0 atom stereocenters. The van der Waals surface area contributed by atoms with Crippen LogP contribution in [0.15, 0.2) is 5.34 Å². The average Bonchev–Trinajstić information content (AvgIpc) is 1.68. The van der Waals surface area contributed by atoms with Crippen LogP contribution in [0.2, 0.25) is 0 Å². The lowest BCUT2D eigenvalue weighted by molar-refractivity contribution is -0.148. The third kappa shape index (κ3) is 2.54. The zero-order valence-corrected chi connectivity index (χ0v) is 3.16. The van der Waals surface area contributed by atoms with E-state index < -0.39 is 5.97 Å². The molecule has 0 unspecified atom stereocenters. The Morgan fingerprint density at radius 2 is 2.29 bits per heavy atom. The van der Waals surface area contributed by atoms with Gasteiger partial charge in [0, 0.05) is 0 Å². The molecule has 0 N–H and O–H groups in total. The zero-order valence-electron chi connectivity index (χ0n) is 3.16. The van der Waals surface area contributed by atoms with Gasteiger partial charge in [0.2, 0.25) is 6.29 Å². The Hall–Kier alpha value is -1.26. The van der Waals surface area contributed by atoms with Gasteiger partial charge in [-0.2, -0.15) is 0 Å². The Labute approximate surface area is 38.2 Å². The van der Waals surface area contributed by atoms with E-state index in [1.165, 1.54) is 0 Å². The molecule has 0 heterocycles. The quantitative estimate of drug-likeness (QED) is 0.202. The summed E-state index contributed by atoms with van der Waals surface area (Å²) in [6.07, 6.45) is -0.151. The van der Waals surface area contributed by atoms with Crippen molar-refractivity contribution >= 4 is 12.3 Å². The molecule has 0 spiro atoms.